The average molecular weight is 365 g/mol. The topological polar surface area (TPSA) is 39.9 Å². The van der Waals surface area contributed by atoms with Crippen molar-refractivity contribution in [2.24, 2.45) is 0 Å². The first-order valence-electron chi connectivity index (χ1n) is 7.86. The summed E-state index contributed by atoms with van der Waals surface area (Å²) >= 11 is 0. The number of rotatable bonds is 5. The highest BCUT2D eigenvalue weighted by molar-refractivity contribution is 5.74. The van der Waals surface area contributed by atoms with Crippen LogP contribution < -0.4 is 4.74 Å². The molecule has 8 heteroatoms. The molecule has 2 aromatic carbocycles. The van der Waals surface area contributed by atoms with Crippen LogP contribution in [0.1, 0.15) is 12.7 Å². The van der Waals surface area contributed by atoms with Gasteiger partial charge in [0.25, 0.3) is 0 Å². The second kappa shape index (κ2) is 7.15. The molecular formula is C18H15F4N3O. The number of para-hydroxylation sites is 1. The van der Waals surface area contributed by atoms with E-state index < -0.39 is 13.0 Å². The summed E-state index contributed by atoms with van der Waals surface area (Å²) in [5.41, 5.74) is 1.44. The maximum Gasteiger partial charge on any atom is 0.573 e. The smallest absolute Gasteiger partial charge is 0.405 e. The lowest BCUT2D eigenvalue weighted by Crippen LogP contribution is -2.17. The van der Waals surface area contributed by atoms with E-state index in [0.29, 0.717) is 29.1 Å². The van der Waals surface area contributed by atoms with E-state index in [1.165, 1.54) is 18.2 Å². The summed E-state index contributed by atoms with van der Waals surface area (Å²) in [6.07, 6.45) is -4.79. The van der Waals surface area contributed by atoms with Crippen molar-refractivity contribution in [1.29, 1.82) is 0 Å². The highest BCUT2D eigenvalue weighted by Gasteiger charge is 2.32. The molecular weight excluding hydrogens is 350 g/mol. The van der Waals surface area contributed by atoms with Crippen LogP contribution in [-0.4, -0.2) is 21.1 Å². The predicted octanol–water partition coefficient (Wildman–Crippen LogP) is 5.00. The molecule has 4 nitrogen and oxygen atoms in total. The summed E-state index contributed by atoms with van der Waals surface area (Å²) in [5.74, 6) is 0.225. The third kappa shape index (κ3) is 3.84. The Bertz CT molecular complexity index is 905. The minimum atomic E-state index is -4.79. The molecule has 0 amide bonds. The number of halogens is 4. The Balaban J connectivity index is 2.05. The van der Waals surface area contributed by atoms with Crippen LogP contribution in [0.5, 0.6) is 5.75 Å². The van der Waals surface area contributed by atoms with Crippen molar-refractivity contribution in [2.75, 3.05) is 0 Å². The summed E-state index contributed by atoms with van der Waals surface area (Å²) in [7, 11) is 0. The molecule has 0 N–H and O–H groups in total. The van der Waals surface area contributed by atoms with Crippen LogP contribution in [-0.2, 0) is 13.2 Å². The van der Waals surface area contributed by atoms with Crippen LogP contribution in [0, 0.1) is 0 Å². The third-order valence-corrected chi connectivity index (χ3v) is 3.68. The molecule has 1 heterocycles. The molecule has 0 radical (unpaired) electrons. The molecule has 0 unspecified atom stereocenters. The Hall–Kier alpha value is -2.90. The molecule has 136 valence electrons. The van der Waals surface area contributed by atoms with E-state index in [9.17, 15) is 17.6 Å². The van der Waals surface area contributed by atoms with E-state index in [2.05, 4.69) is 14.8 Å². The van der Waals surface area contributed by atoms with Crippen molar-refractivity contribution < 1.29 is 22.3 Å². The van der Waals surface area contributed by atoms with Gasteiger partial charge < -0.3 is 4.74 Å². The van der Waals surface area contributed by atoms with Gasteiger partial charge in [-0.25, -0.2) is 14.1 Å². The minimum absolute atomic E-state index is 0.0630. The molecule has 0 spiro atoms. The van der Waals surface area contributed by atoms with Gasteiger partial charge in [0.1, 0.15) is 5.75 Å². The summed E-state index contributed by atoms with van der Waals surface area (Å²) in [4.78, 5) is 4.15. The largest absolute Gasteiger partial charge is 0.573 e. The van der Waals surface area contributed by atoms with Gasteiger partial charge in [-0.05, 0) is 24.6 Å². The van der Waals surface area contributed by atoms with Crippen LogP contribution in [0.15, 0.2) is 48.5 Å². The fraction of sp³-hybridized carbons (Fsp3) is 0.222. The zero-order chi connectivity index (χ0) is 18.7. The number of hydrogen-bond acceptors (Lipinski definition) is 3. The molecule has 0 aliphatic heterocycles. The van der Waals surface area contributed by atoms with Crippen LogP contribution in [0.4, 0.5) is 17.6 Å². The number of aryl methyl sites for hydroxylation is 1. The van der Waals surface area contributed by atoms with E-state index in [1.807, 2.05) is 6.92 Å². The summed E-state index contributed by atoms with van der Waals surface area (Å²) in [6, 6.07) is 12.7. The first-order valence-corrected chi connectivity index (χ1v) is 7.86. The Kier molecular flexibility index (Phi) is 4.92. The van der Waals surface area contributed by atoms with Gasteiger partial charge in [0.2, 0.25) is 0 Å². The molecule has 3 rings (SSSR count). The minimum Gasteiger partial charge on any atom is -0.405 e. The molecule has 0 aliphatic carbocycles. The molecule has 26 heavy (non-hydrogen) atoms. The van der Waals surface area contributed by atoms with E-state index in [1.54, 1.807) is 35.0 Å². The van der Waals surface area contributed by atoms with Crippen molar-refractivity contribution in [1.82, 2.24) is 14.8 Å². The number of nitrogens with zero attached hydrogens (tertiary/aromatic N) is 3. The van der Waals surface area contributed by atoms with Gasteiger partial charge in [-0.1, -0.05) is 36.4 Å². The Morgan fingerprint density at radius 2 is 1.77 bits per heavy atom. The SMILES string of the molecule is CCn1nc(CF)nc1-c1cccc(-c2ccccc2OC(F)(F)F)c1. The zero-order valence-corrected chi connectivity index (χ0v) is 13.8. The van der Waals surface area contributed by atoms with Crippen LogP contribution in [0.25, 0.3) is 22.5 Å². The monoisotopic (exact) mass is 365 g/mol. The van der Waals surface area contributed by atoms with E-state index in [-0.39, 0.29) is 11.6 Å². The zero-order valence-electron chi connectivity index (χ0n) is 13.8. The summed E-state index contributed by atoms with van der Waals surface area (Å²) in [5, 5.41) is 4.05. The Morgan fingerprint density at radius 3 is 2.46 bits per heavy atom. The molecule has 3 aromatic rings. The van der Waals surface area contributed by atoms with Crippen LogP contribution >= 0.6 is 0 Å². The predicted molar refractivity (Wildman–Crippen MR) is 88.1 cm³/mol. The molecule has 0 saturated heterocycles. The molecule has 0 fully saturated rings. The van der Waals surface area contributed by atoms with Gasteiger partial charge in [0.15, 0.2) is 18.3 Å². The molecule has 0 bridgehead atoms. The van der Waals surface area contributed by atoms with Gasteiger partial charge >= 0.3 is 6.36 Å². The maximum absolute atomic E-state index is 12.9. The summed E-state index contributed by atoms with van der Waals surface area (Å²) < 4.78 is 56.5. The first kappa shape index (κ1) is 17.9. The van der Waals surface area contributed by atoms with Crippen molar-refractivity contribution in [3.63, 3.8) is 0 Å². The lowest BCUT2D eigenvalue weighted by Gasteiger charge is -2.14. The standard InChI is InChI=1S/C18H15F4N3O/c1-2-25-17(23-16(11-19)24-25)13-7-5-6-12(10-13)14-8-3-4-9-15(14)26-18(20,21)22/h3-10H,2,11H2,1H3. The molecule has 0 saturated carbocycles. The van der Waals surface area contributed by atoms with Crippen molar-refractivity contribution in [3.05, 3.63) is 54.4 Å². The highest BCUT2D eigenvalue weighted by Crippen LogP contribution is 2.35. The molecule has 1 aromatic heterocycles. The second-order valence-corrected chi connectivity index (χ2v) is 5.43. The summed E-state index contributed by atoms with van der Waals surface area (Å²) in [6.45, 7) is 1.54. The Labute approximate surface area is 147 Å². The fourth-order valence-corrected chi connectivity index (χ4v) is 2.62. The molecule has 0 atom stereocenters. The lowest BCUT2D eigenvalue weighted by atomic mass is 10.0. The van der Waals surface area contributed by atoms with Crippen molar-refractivity contribution in [2.45, 2.75) is 26.5 Å². The maximum atomic E-state index is 12.9. The average Bonchev–Trinajstić information content (AvgIpc) is 3.04. The normalized spacial score (nSPS) is 11.6. The van der Waals surface area contributed by atoms with Gasteiger partial charge in [0.05, 0.1) is 0 Å². The number of benzene rings is 2. The quantitative estimate of drug-likeness (QED) is 0.598. The number of aromatic nitrogens is 3. The Morgan fingerprint density at radius 1 is 1.04 bits per heavy atom. The lowest BCUT2D eigenvalue weighted by molar-refractivity contribution is -0.274. The third-order valence-electron chi connectivity index (χ3n) is 3.68. The number of ether oxygens (including phenoxy) is 1. The first-order chi connectivity index (χ1) is 12.4. The highest BCUT2D eigenvalue weighted by atomic mass is 19.4. The van der Waals surface area contributed by atoms with Crippen LogP contribution in [0.3, 0.4) is 0 Å². The number of alkyl halides is 4. The van der Waals surface area contributed by atoms with E-state index in [0.717, 1.165) is 0 Å². The van der Waals surface area contributed by atoms with Gasteiger partial charge in [-0.15, -0.1) is 13.2 Å². The van der Waals surface area contributed by atoms with Crippen LogP contribution in [0.2, 0.25) is 0 Å². The molecule has 0 aliphatic rings. The second-order valence-electron chi connectivity index (χ2n) is 5.43. The van der Waals surface area contributed by atoms with Crippen molar-refractivity contribution >= 4 is 0 Å². The van der Waals surface area contributed by atoms with E-state index in [4.69, 9.17) is 0 Å². The van der Waals surface area contributed by atoms with Gasteiger partial charge in [-0.3, -0.25) is 0 Å². The van der Waals surface area contributed by atoms with Crippen molar-refractivity contribution in [3.8, 4) is 28.3 Å². The van der Waals surface area contributed by atoms with Gasteiger partial charge in [0, 0.05) is 17.7 Å². The van der Waals surface area contributed by atoms with Gasteiger partial charge in [-0.2, -0.15) is 5.10 Å². The van der Waals surface area contributed by atoms with E-state index >= 15 is 0 Å². The number of hydrogen-bond donors (Lipinski definition) is 0. The fourth-order valence-electron chi connectivity index (χ4n) is 2.62.